The predicted octanol–water partition coefficient (Wildman–Crippen LogP) is 5.14. The summed E-state index contributed by atoms with van der Waals surface area (Å²) in [7, 11) is 1.59. The molecule has 0 bridgehead atoms. The van der Waals surface area contributed by atoms with Crippen LogP contribution in [0.2, 0.25) is 10.0 Å². The molecule has 4 N–H and O–H groups in total. The minimum absolute atomic E-state index is 0.0607. The molecule has 7 rings (SSSR count). The lowest BCUT2D eigenvalue weighted by atomic mass is 9.97. The molecule has 0 saturated carbocycles. The molecule has 51 heavy (non-hydrogen) atoms. The molecular formula is C38H37Cl2N7O4. The van der Waals surface area contributed by atoms with Crippen molar-refractivity contribution in [2.45, 2.75) is 50.9 Å². The van der Waals surface area contributed by atoms with Gasteiger partial charge in [-0.1, -0.05) is 65.7 Å². The fourth-order valence-corrected chi connectivity index (χ4v) is 7.32. The summed E-state index contributed by atoms with van der Waals surface area (Å²) >= 11 is 14.2. The van der Waals surface area contributed by atoms with Gasteiger partial charge in [-0.05, 0) is 36.6 Å². The minimum Gasteiger partial charge on any atom is -0.481 e. The van der Waals surface area contributed by atoms with E-state index < -0.39 is 0 Å². The zero-order valence-electron chi connectivity index (χ0n) is 28.0. The second kappa shape index (κ2) is 15.2. The third-order valence-corrected chi connectivity index (χ3v) is 10.2. The zero-order valence-corrected chi connectivity index (χ0v) is 29.5. The lowest BCUT2D eigenvalue weighted by Crippen LogP contribution is -2.36. The highest BCUT2D eigenvalue weighted by Gasteiger charge is 2.22. The average molecular weight is 727 g/mol. The molecule has 2 aromatic carbocycles. The molecule has 0 radical (unpaired) electrons. The predicted molar refractivity (Wildman–Crippen MR) is 198 cm³/mol. The van der Waals surface area contributed by atoms with Gasteiger partial charge in [0.15, 0.2) is 0 Å². The highest BCUT2D eigenvalue weighted by Crippen LogP contribution is 2.42. The Labute approximate surface area is 304 Å². The van der Waals surface area contributed by atoms with Gasteiger partial charge < -0.3 is 26.0 Å². The standard InChI is InChI=1S/C38H37Cl2N7O4/c1-51-37-23(17-41-20-25-9-12-33(48)44-25)8-11-31(46-37)30-7-3-6-29(36(30)40)28-5-2-4-27(35(28)39)22-14-15-47-32(16-22)43-19-24(38(47)50)18-42-21-26-10-13-34(49)45-26/h2-8,11,14-16,19,25-26,41-42H,9-10,12-13,17-18,20-21H2,1H3,(H,44,48)(H,45,49)/t25-,26+/m1/s1. The Balaban J connectivity index is 1.10. The number of nitrogens with zero attached hydrogens (tertiary/aromatic N) is 3. The van der Waals surface area contributed by atoms with Crippen LogP contribution in [0.1, 0.15) is 36.8 Å². The molecule has 5 aromatic rings. The molecular weight excluding hydrogens is 689 g/mol. The number of ether oxygens (including phenoxy) is 1. The van der Waals surface area contributed by atoms with Crippen LogP contribution in [0.5, 0.6) is 5.88 Å². The molecule has 2 aliphatic rings. The number of halogens is 2. The van der Waals surface area contributed by atoms with Gasteiger partial charge in [0.05, 0.1) is 22.8 Å². The molecule has 11 nitrogen and oxygen atoms in total. The van der Waals surface area contributed by atoms with E-state index in [-0.39, 0.29) is 29.5 Å². The summed E-state index contributed by atoms with van der Waals surface area (Å²) in [4.78, 5) is 45.6. The first kappa shape index (κ1) is 34.6. The highest BCUT2D eigenvalue weighted by molar-refractivity contribution is 6.39. The van der Waals surface area contributed by atoms with E-state index >= 15 is 0 Å². The van der Waals surface area contributed by atoms with E-state index in [0.717, 1.165) is 46.2 Å². The summed E-state index contributed by atoms with van der Waals surface area (Å²) in [6.07, 6.45) is 6.01. The quantitative estimate of drug-likeness (QED) is 0.139. The Morgan fingerprint density at radius 1 is 0.804 bits per heavy atom. The number of fused-ring (bicyclic) bond motifs is 1. The number of amides is 2. The normalized spacial score (nSPS) is 17.2. The summed E-state index contributed by atoms with van der Waals surface area (Å²) in [5, 5.41) is 13.5. The first-order chi connectivity index (χ1) is 24.8. The second-order valence-corrected chi connectivity index (χ2v) is 13.6. The summed E-state index contributed by atoms with van der Waals surface area (Å²) in [5.74, 6) is 0.642. The Kier molecular flexibility index (Phi) is 10.3. The number of hydrogen-bond acceptors (Lipinski definition) is 8. The molecule has 2 fully saturated rings. The van der Waals surface area contributed by atoms with Crippen LogP contribution in [0.15, 0.2) is 77.9 Å². The van der Waals surface area contributed by atoms with Crippen LogP contribution in [0, 0.1) is 0 Å². The Bertz CT molecular complexity index is 2190. The van der Waals surface area contributed by atoms with Crippen LogP contribution >= 0.6 is 23.2 Å². The van der Waals surface area contributed by atoms with Crippen LogP contribution in [-0.2, 0) is 22.7 Å². The van der Waals surface area contributed by atoms with E-state index in [2.05, 4.69) is 26.3 Å². The van der Waals surface area contributed by atoms with Gasteiger partial charge >= 0.3 is 0 Å². The average Bonchev–Trinajstić information content (AvgIpc) is 3.76. The molecule has 0 spiro atoms. The number of pyridine rings is 2. The molecule has 0 unspecified atom stereocenters. The van der Waals surface area contributed by atoms with Crippen molar-refractivity contribution < 1.29 is 14.3 Å². The largest absolute Gasteiger partial charge is 0.481 e. The van der Waals surface area contributed by atoms with Crippen molar-refractivity contribution in [2.75, 3.05) is 20.2 Å². The van der Waals surface area contributed by atoms with E-state index in [9.17, 15) is 14.4 Å². The number of aromatic nitrogens is 3. The smallest absolute Gasteiger partial charge is 0.262 e. The van der Waals surface area contributed by atoms with Crippen molar-refractivity contribution in [2.24, 2.45) is 0 Å². The van der Waals surface area contributed by atoms with Crippen molar-refractivity contribution >= 4 is 40.7 Å². The van der Waals surface area contributed by atoms with Gasteiger partial charge in [-0.15, -0.1) is 0 Å². The van der Waals surface area contributed by atoms with E-state index in [0.29, 0.717) is 71.9 Å². The third-order valence-electron chi connectivity index (χ3n) is 9.37. The van der Waals surface area contributed by atoms with Crippen LogP contribution < -0.4 is 31.6 Å². The lowest BCUT2D eigenvalue weighted by Gasteiger charge is -2.16. The van der Waals surface area contributed by atoms with Gasteiger partial charge in [-0.3, -0.25) is 18.8 Å². The molecule has 0 aliphatic carbocycles. The van der Waals surface area contributed by atoms with Crippen molar-refractivity contribution in [3.63, 3.8) is 0 Å². The second-order valence-electron chi connectivity index (χ2n) is 12.8. The number of carbonyl (C=O) groups is 2. The number of rotatable bonds is 12. The summed E-state index contributed by atoms with van der Waals surface area (Å²) in [6.45, 7) is 2.15. The minimum atomic E-state index is -0.161. The molecule has 2 amide bonds. The van der Waals surface area contributed by atoms with E-state index in [4.69, 9.17) is 32.9 Å². The van der Waals surface area contributed by atoms with E-state index in [1.165, 1.54) is 4.40 Å². The third kappa shape index (κ3) is 7.48. The number of methoxy groups -OCH3 is 1. The summed E-state index contributed by atoms with van der Waals surface area (Å²) < 4.78 is 7.16. The summed E-state index contributed by atoms with van der Waals surface area (Å²) in [6, 6.07) is 19.3. The van der Waals surface area contributed by atoms with Crippen LogP contribution in [-0.4, -0.2) is 58.5 Å². The van der Waals surface area contributed by atoms with Crippen molar-refractivity contribution in [1.29, 1.82) is 0 Å². The van der Waals surface area contributed by atoms with Crippen LogP contribution in [0.4, 0.5) is 0 Å². The topological polar surface area (TPSA) is 139 Å². The van der Waals surface area contributed by atoms with Gasteiger partial charge in [0, 0.05) is 96.9 Å². The lowest BCUT2D eigenvalue weighted by molar-refractivity contribution is -0.120. The fourth-order valence-electron chi connectivity index (χ4n) is 6.66. The monoisotopic (exact) mass is 725 g/mol. The van der Waals surface area contributed by atoms with E-state index in [1.807, 2.05) is 60.7 Å². The first-order valence-electron chi connectivity index (χ1n) is 16.9. The molecule has 2 atom stereocenters. The van der Waals surface area contributed by atoms with Crippen molar-refractivity contribution in [1.82, 2.24) is 35.6 Å². The van der Waals surface area contributed by atoms with Crippen LogP contribution in [0.3, 0.4) is 0 Å². The number of nitrogens with one attached hydrogen (secondary N) is 4. The van der Waals surface area contributed by atoms with Gasteiger partial charge in [0.25, 0.3) is 5.56 Å². The van der Waals surface area contributed by atoms with E-state index in [1.54, 1.807) is 19.5 Å². The van der Waals surface area contributed by atoms with Gasteiger partial charge in [-0.2, -0.15) is 0 Å². The molecule has 5 heterocycles. The SMILES string of the molecule is COc1nc(-c2cccc(-c3cccc(-c4ccn5c(=O)c(CNC[C@@H]6CCC(=O)N6)cnc5c4)c3Cl)c2Cl)ccc1CNC[C@H]1CCC(=O)N1. The first-order valence-corrected chi connectivity index (χ1v) is 17.7. The maximum atomic E-state index is 13.3. The zero-order chi connectivity index (χ0) is 35.5. The summed E-state index contributed by atoms with van der Waals surface area (Å²) in [5.41, 5.74) is 6.21. The van der Waals surface area contributed by atoms with Gasteiger partial charge in [-0.25, -0.2) is 9.97 Å². The highest BCUT2D eigenvalue weighted by atomic mass is 35.5. The Morgan fingerprint density at radius 3 is 2.04 bits per heavy atom. The molecule has 2 aliphatic heterocycles. The number of carbonyl (C=O) groups excluding carboxylic acids is 2. The maximum Gasteiger partial charge on any atom is 0.262 e. The number of hydrogen-bond donors (Lipinski definition) is 4. The van der Waals surface area contributed by atoms with Gasteiger partial charge in [0.2, 0.25) is 17.7 Å². The molecule has 2 saturated heterocycles. The Morgan fingerprint density at radius 2 is 1.41 bits per heavy atom. The molecule has 3 aromatic heterocycles. The molecule has 262 valence electrons. The van der Waals surface area contributed by atoms with Crippen molar-refractivity contribution in [3.05, 3.63) is 105 Å². The Hall–Kier alpha value is -4.81. The van der Waals surface area contributed by atoms with Crippen LogP contribution in [0.25, 0.3) is 39.2 Å². The van der Waals surface area contributed by atoms with Crippen molar-refractivity contribution in [3.8, 4) is 39.4 Å². The number of benzene rings is 2. The van der Waals surface area contributed by atoms with Gasteiger partial charge in [0.1, 0.15) is 5.65 Å². The maximum absolute atomic E-state index is 13.3. The molecule has 13 heteroatoms. The fraction of sp³-hybridized carbons (Fsp3) is 0.289.